The van der Waals surface area contributed by atoms with Crippen LogP contribution in [0.1, 0.15) is 48.8 Å². The van der Waals surface area contributed by atoms with Gasteiger partial charge in [-0.05, 0) is 69.0 Å². The first-order valence-electron chi connectivity index (χ1n) is 13.1. The van der Waals surface area contributed by atoms with Crippen LogP contribution in [0, 0.1) is 18.8 Å². The minimum atomic E-state index is -0.812. The number of likely N-dealkylation sites (tertiary alicyclic amines) is 1. The number of hydrogen-bond donors (Lipinski definition) is 2. The molecule has 2 heterocycles. The molecule has 0 spiro atoms. The number of benzene rings is 1. The van der Waals surface area contributed by atoms with Crippen molar-refractivity contribution in [1.29, 1.82) is 0 Å². The molecule has 4 fully saturated rings. The first-order valence-corrected chi connectivity index (χ1v) is 13.1. The summed E-state index contributed by atoms with van der Waals surface area (Å²) in [4.78, 5) is 18.3. The van der Waals surface area contributed by atoms with E-state index in [2.05, 4.69) is 40.2 Å². The van der Waals surface area contributed by atoms with Gasteiger partial charge < -0.3 is 15.2 Å². The van der Waals surface area contributed by atoms with Crippen LogP contribution in [0.25, 0.3) is 0 Å². The number of amides is 1. The molecule has 0 radical (unpaired) electrons. The minimum absolute atomic E-state index is 0.116. The van der Waals surface area contributed by atoms with Gasteiger partial charge in [0.15, 0.2) is 0 Å². The highest BCUT2D eigenvalue weighted by atomic mass is 16.5. The number of aliphatic hydroxyl groups is 1. The average Bonchev–Trinajstić information content (AvgIpc) is 3.56. The molecule has 33 heavy (non-hydrogen) atoms. The quantitative estimate of drug-likeness (QED) is 0.689. The van der Waals surface area contributed by atoms with Crippen molar-refractivity contribution in [3.05, 3.63) is 34.9 Å². The molecule has 2 saturated carbocycles. The summed E-state index contributed by atoms with van der Waals surface area (Å²) < 4.78 is 5.43. The predicted octanol–water partition coefficient (Wildman–Crippen LogP) is 1.86. The van der Waals surface area contributed by atoms with Gasteiger partial charge in [-0.3, -0.25) is 14.6 Å². The molecule has 180 valence electrons. The van der Waals surface area contributed by atoms with E-state index in [9.17, 15) is 9.90 Å². The van der Waals surface area contributed by atoms with Gasteiger partial charge in [-0.25, -0.2) is 0 Å². The van der Waals surface area contributed by atoms with E-state index in [1.54, 1.807) is 0 Å². The van der Waals surface area contributed by atoms with Gasteiger partial charge in [-0.2, -0.15) is 0 Å². The zero-order valence-corrected chi connectivity index (χ0v) is 20.0. The van der Waals surface area contributed by atoms with Gasteiger partial charge in [0.1, 0.15) is 0 Å². The molecule has 1 unspecified atom stereocenters. The molecule has 6 heteroatoms. The van der Waals surface area contributed by atoms with Crippen LogP contribution in [0.2, 0.25) is 0 Å². The van der Waals surface area contributed by atoms with Crippen molar-refractivity contribution in [2.75, 3.05) is 52.5 Å². The van der Waals surface area contributed by atoms with Crippen molar-refractivity contribution in [1.82, 2.24) is 15.1 Å². The topological polar surface area (TPSA) is 65.0 Å². The lowest BCUT2D eigenvalue weighted by molar-refractivity contribution is -0.134. The summed E-state index contributed by atoms with van der Waals surface area (Å²) in [7, 11) is 0. The van der Waals surface area contributed by atoms with Crippen LogP contribution in [0.4, 0.5) is 0 Å². The Morgan fingerprint density at radius 1 is 1.21 bits per heavy atom. The van der Waals surface area contributed by atoms with Gasteiger partial charge in [0, 0.05) is 50.1 Å². The number of carbonyl (C=O) groups is 1. The molecule has 6 nitrogen and oxygen atoms in total. The monoisotopic (exact) mass is 453 g/mol. The van der Waals surface area contributed by atoms with Crippen molar-refractivity contribution in [2.45, 2.75) is 62.5 Å². The lowest BCUT2D eigenvalue weighted by atomic mass is 9.56. The molecule has 2 N–H and O–H groups in total. The number of carbonyl (C=O) groups excluding carboxylic acids is 1. The van der Waals surface area contributed by atoms with E-state index in [1.165, 1.54) is 29.5 Å². The third-order valence-electron chi connectivity index (χ3n) is 9.38. The van der Waals surface area contributed by atoms with Crippen LogP contribution >= 0.6 is 0 Å². The SMILES string of the molecule is Cc1ccc2c(c1)[C@]13CCN(CC4CC4)[C@H](C2)[C@]1(O)CC(C(=O)NCCN1CCOCC1)C3. The second-order valence-corrected chi connectivity index (χ2v) is 11.4. The predicted molar refractivity (Wildman–Crippen MR) is 127 cm³/mol. The molecule has 1 aromatic rings. The van der Waals surface area contributed by atoms with E-state index in [-0.39, 0.29) is 23.3 Å². The van der Waals surface area contributed by atoms with Crippen LogP contribution in [-0.4, -0.2) is 84.9 Å². The summed E-state index contributed by atoms with van der Waals surface area (Å²) in [5.41, 5.74) is 2.87. The first-order chi connectivity index (χ1) is 16.0. The molecule has 1 aromatic carbocycles. The van der Waals surface area contributed by atoms with Crippen LogP contribution in [0.15, 0.2) is 18.2 Å². The van der Waals surface area contributed by atoms with E-state index >= 15 is 0 Å². The van der Waals surface area contributed by atoms with Gasteiger partial charge in [-0.15, -0.1) is 0 Å². The minimum Gasteiger partial charge on any atom is -0.387 e. The largest absolute Gasteiger partial charge is 0.387 e. The van der Waals surface area contributed by atoms with Crippen molar-refractivity contribution >= 4 is 5.91 Å². The van der Waals surface area contributed by atoms with Crippen molar-refractivity contribution < 1.29 is 14.6 Å². The second-order valence-electron chi connectivity index (χ2n) is 11.4. The molecule has 0 aromatic heterocycles. The van der Waals surface area contributed by atoms with Gasteiger partial charge in [0.05, 0.1) is 18.8 Å². The molecular weight excluding hydrogens is 414 g/mol. The average molecular weight is 454 g/mol. The van der Waals surface area contributed by atoms with E-state index < -0.39 is 5.60 Å². The van der Waals surface area contributed by atoms with E-state index in [4.69, 9.17) is 4.74 Å². The Morgan fingerprint density at radius 2 is 2.03 bits per heavy atom. The number of morpholine rings is 1. The summed E-state index contributed by atoms with van der Waals surface area (Å²) in [6.45, 7) is 9.30. The number of nitrogens with one attached hydrogen (secondary N) is 1. The molecule has 2 aliphatic heterocycles. The third kappa shape index (κ3) is 3.74. The van der Waals surface area contributed by atoms with Crippen molar-refractivity contribution in [3.63, 3.8) is 0 Å². The van der Waals surface area contributed by atoms with Crippen LogP contribution < -0.4 is 5.32 Å². The smallest absolute Gasteiger partial charge is 0.223 e. The third-order valence-corrected chi connectivity index (χ3v) is 9.38. The lowest BCUT2D eigenvalue weighted by Gasteiger charge is -2.59. The normalized spacial score (nSPS) is 36.3. The molecular formula is C27H39N3O3. The van der Waals surface area contributed by atoms with Crippen molar-refractivity contribution in [2.24, 2.45) is 11.8 Å². The molecule has 4 atom stereocenters. The Bertz CT molecular complexity index is 912. The Balaban J connectivity index is 1.23. The van der Waals surface area contributed by atoms with E-state index in [0.29, 0.717) is 13.0 Å². The first kappa shape index (κ1) is 22.0. The zero-order valence-electron chi connectivity index (χ0n) is 20.0. The fraction of sp³-hybridized carbons (Fsp3) is 0.741. The maximum atomic E-state index is 13.3. The van der Waals surface area contributed by atoms with Gasteiger partial charge >= 0.3 is 0 Å². The summed E-state index contributed by atoms with van der Waals surface area (Å²) in [6.07, 6.45) is 5.90. The summed E-state index contributed by atoms with van der Waals surface area (Å²) in [6, 6.07) is 6.94. The Morgan fingerprint density at radius 3 is 2.82 bits per heavy atom. The number of rotatable bonds is 6. The zero-order chi connectivity index (χ0) is 22.6. The van der Waals surface area contributed by atoms with E-state index in [0.717, 1.165) is 71.1 Å². The number of ether oxygens (including phenoxy) is 1. The fourth-order valence-corrected chi connectivity index (χ4v) is 7.45. The highest BCUT2D eigenvalue weighted by molar-refractivity contribution is 5.80. The highest BCUT2D eigenvalue weighted by Crippen LogP contribution is 2.61. The summed E-state index contributed by atoms with van der Waals surface area (Å²) in [5.74, 6) is 0.824. The molecule has 5 aliphatic rings. The molecule has 6 rings (SSSR count). The van der Waals surface area contributed by atoms with Crippen molar-refractivity contribution in [3.8, 4) is 0 Å². The number of fused-ring (bicyclic) bond motifs is 1. The second kappa shape index (κ2) is 8.33. The molecule has 1 amide bonds. The van der Waals surface area contributed by atoms with Gasteiger partial charge in [0.25, 0.3) is 0 Å². The van der Waals surface area contributed by atoms with Gasteiger partial charge in [-0.1, -0.05) is 23.8 Å². The van der Waals surface area contributed by atoms with E-state index in [1.807, 2.05) is 0 Å². The van der Waals surface area contributed by atoms with Crippen LogP contribution in [-0.2, 0) is 21.4 Å². The van der Waals surface area contributed by atoms with Crippen LogP contribution in [0.5, 0.6) is 0 Å². The highest BCUT2D eigenvalue weighted by Gasteiger charge is 2.68. The molecule has 2 bridgehead atoms. The number of aryl methyl sites for hydroxylation is 1. The Kier molecular flexibility index (Phi) is 5.56. The number of piperidine rings is 1. The van der Waals surface area contributed by atoms with Gasteiger partial charge in [0.2, 0.25) is 5.91 Å². The number of nitrogens with zero attached hydrogens (tertiary/aromatic N) is 2. The number of hydrogen-bond acceptors (Lipinski definition) is 5. The molecule has 3 aliphatic carbocycles. The maximum absolute atomic E-state index is 13.3. The summed E-state index contributed by atoms with van der Waals surface area (Å²) in [5, 5.41) is 15.6. The fourth-order valence-electron chi connectivity index (χ4n) is 7.45. The molecule has 2 saturated heterocycles. The maximum Gasteiger partial charge on any atom is 0.223 e. The Labute approximate surface area is 197 Å². The van der Waals surface area contributed by atoms with Crippen LogP contribution in [0.3, 0.4) is 0 Å². The standard InChI is InChI=1S/C27H39N3O3/c1-19-2-5-21-15-24-27(32)17-22(25(31)28-7-9-29-10-12-33-13-11-29)16-26(27,23(21)14-19)6-8-30(24)18-20-3-4-20/h2,5,14,20,22,24,32H,3-4,6-13,15-18H2,1H3,(H,28,31)/t22?,24-,26-,27-/m1/s1. The lowest BCUT2D eigenvalue weighted by Crippen LogP contribution is -2.69. The Hall–Kier alpha value is -1.47. The summed E-state index contributed by atoms with van der Waals surface area (Å²) >= 11 is 0.